The SMILES string of the molecule is Cc1ccc(NC(=O)CN2CN(c3ccccc3)C3(CCN(C(=O)c4ccc(F)cc4)CC3)C2=O)cc1. The second kappa shape index (κ2) is 10.0. The van der Waals surface area contributed by atoms with Crippen LogP contribution in [0.5, 0.6) is 0 Å². The summed E-state index contributed by atoms with van der Waals surface area (Å²) in [6.45, 7) is 2.97. The van der Waals surface area contributed by atoms with Crippen LogP contribution < -0.4 is 10.2 Å². The first-order valence-electron chi connectivity index (χ1n) is 12.4. The van der Waals surface area contributed by atoms with Crippen LogP contribution in [0.3, 0.4) is 0 Å². The highest BCUT2D eigenvalue weighted by Crippen LogP contribution is 2.39. The number of likely N-dealkylation sites (tertiary alicyclic amines) is 1. The monoisotopic (exact) mass is 500 g/mol. The number of halogens is 1. The molecule has 3 aromatic rings. The van der Waals surface area contributed by atoms with Crippen molar-refractivity contribution >= 4 is 29.1 Å². The Morgan fingerprint density at radius 2 is 1.57 bits per heavy atom. The Morgan fingerprint density at radius 1 is 0.919 bits per heavy atom. The Hall–Kier alpha value is -4.20. The van der Waals surface area contributed by atoms with E-state index >= 15 is 0 Å². The van der Waals surface area contributed by atoms with Gasteiger partial charge in [0.15, 0.2) is 0 Å². The topological polar surface area (TPSA) is 73.0 Å². The van der Waals surface area contributed by atoms with Crippen LogP contribution in [-0.4, -0.2) is 59.4 Å². The van der Waals surface area contributed by atoms with Crippen LogP contribution in [0.15, 0.2) is 78.9 Å². The average molecular weight is 501 g/mol. The number of rotatable bonds is 5. The molecule has 1 N–H and O–H groups in total. The van der Waals surface area contributed by atoms with Crippen molar-refractivity contribution in [3.8, 4) is 0 Å². The fourth-order valence-electron chi connectivity index (χ4n) is 5.19. The van der Waals surface area contributed by atoms with E-state index in [-0.39, 0.29) is 30.9 Å². The van der Waals surface area contributed by atoms with Crippen LogP contribution >= 0.6 is 0 Å². The molecule has 190 valence electrons. The number of benzene rings is 3. The lowest BCUT2D eigenvalue weighted by Crippen LogP contribution is -2.57. The van der Waals surface area contributed by atoms with Crippen molar-refractivity contribution in [3.05, 3.63) is 95.8 Å². The molecule has 0 saturated carbocycles. The maximum atomic E-state index is 13.8. The molecule has 0 atom stereocenters. The predicted octanol–water partition coefficient (Wildman–Crippen LogP) is 4.05. The number of piperidine rings is 1. The lowest BCUT2D eigenvalue weighted by Gasteiger charge is -2.43. The number of hydrogen-bond donors (Lipinski definition) is 1. The molecule has 3 amide bonds. The Balaban J connectivity index is 1.33. The lowest BCUT2D eigenvalue weighted by molar-refractivity contribution is -0.136. The highest BCUT2D eigenvalue weighted by Gasteiger charge is 2.54. The van der Waals surface area contributed by atoms with Crippen LogP contribution in [0, 0.1) is 12.7 Å². The minimum atomic E-state index is -0.842. The van der Waals surface area contributed by atoms with E-state index in [1.54, 1.807) is 9.80 Å². The summed E-state index contributed by atoms with van der Waals surface area (Å²) in [6, 6.07) is 22.7. The number of hydrogen-bond acceptors (Lipinski definition) is 4. The summed E-state index contributed by atoms with van der Waals surface area (Å²) in [4.78, 5) is 45.0. The van der Waals surface area contributed by atoms with Crippen molar-refractivity contribution in [1.82, 2.24) is 9.80 Å². The largest absolute Gasteiger partial charge is 0.339 e. The molecule has 7 nitrogen and oxygen atoms in total. The predicted molar refractivity (Wildman–Crippen MR) is 140 cm³/mol. The second-order valence-corrected chi connectivity index (χ2v) is 9.65. The van der Waals surface area contributed by atoms with Gasteiger partial charge in [0.2, 0.25) is 5.91 Å². The molecule has 0 radical (unpaired) electrons. The maximum absolute atomic E-state index is 13.8. The highest BCUT2D eigenvalue weighted by atomic mass is 19.1. The molecule has 0 unspecified atom stereocenters. The summed E-state index contributed by atoms with van der Waals surface area (Å²) in [5.74, 6) is -0.938. The number of amides is 3. The van der Waals surface area contributed by atoms with Gasteiger partial charge in [0, 0.05) is 30.0 Å². The van der Waals surface area contributed by atoms with Crippen molar-refractivity contribution in [3.63, 3.8) is 0 Å². The fourth-order valence-corrected chi connectivity index (χ4v) is 5.19. The molecule has 1 spiro atoms. The molecule has 0 bridgehead atoms. The molecule has 0 aliphatic carbocycles. The zero-order chi connectivity index (χ0) is 26.0. The van der Waals surface area contributed by atoms with E-state index in [0.717, 1.165) is 11.3 Å². The van der Waals surface area contributed by atoms with E-state index in [2.05, 4.69) is 10.2 Å². The van der Waals surface area contributed by atoms with Crippen LogP contribution in [0.1, 0.15) is 28.8 Å². The van der Waals surface area contributed by atoms with Crippen molar-refractivity contribution in [2.24, 2.45) is 0 Å². The molecule has 37 heavy (non-hydrogen) atoms. The average Bonchev–Trinajstić information content (AvgIpc) is 3.17. The summed E-state index contributed by atoms with van der Waals surface area (Å²) >= 11 is 0. The van der Waals surface area contributed by atoms with E-state index < -0.39 is 11.4 Å². The number of carbonyl (C=O) groups is 3. The zero-order valence-electron chi connectivity index (χ0n) is 20.7. The van der Waals surface area contributed by atoms with Crippen LogP contribution in [0.2, 0.25) is 0 Å². The Kier molecular flexibility index (Phi) is 6.65. The standard InChI is InChI=1S/C29H29FN4O3/c1-21-7-13-24(14-8-21)31-26(35)19-33-20-34(25-5-3-2-4-6-25)29(28(33)37)15-17-32(18-16-29)27(36)22-9-11-23(30)12-10-22/h2-14H,15-20H2,1H3,(H,31,35). The van der Waals surface area contributed by atoms with Crippen molar-refractivity contribution < 1.29 is 18.8 Å². The van der Waals surface area contributed by atoms with E-state index in [1.165, 1.54) is 24.3 Å². The minimum Gasteiger partial charge on any atom is -0.339 e. The molecule has 2 fully saturated rings. The van der Waals surface area contributed by atoms with Crippen LogP contribution in [0.25, 0.3) is 0 Å². The first-order chi connectivity index (χ1) is 17.9. The number of carbonyl (C=O) groups excluding carboxylic acids is 3. The molecule has 5 rings (SSSR count). The second-order valence-electron chi connectivity index (χ2n) is 9.65. The summed E-state index contributed by atoms with van der Waals surface area (Å²) in [5, 5.41) is 2.88. The van der Waals surface area contributed by atoms with E-state index in [0.29, 0.717) is 37.2 Å². The summed E-state index contributed by atoms with van der Waals surface area (Å²) in [7, 11) is 0. The molecule has 8 heteroatoms. The summed E-state index contributed by atoms with van der Waals surface area (Å²) in [5.41, 5.74) is 2.26. The van der Waals surface area contributed by atoms with E-state index in [4.69, 9.17) is 0 Å². The number of nitrogens with one attached hydrogen (secondary N) is 1. The van der Waals surface area contributed by atoms with Gasteiger partial charge in [-0.15, -0.1) is 0 Å². The van der Waals surface area contributed by atoms with Crippen LogP contribution in [0.4, 0.5) is 15.8 Å². The van der Waals surface area contributed by atoms with Gasteiger partial charge in [0.1, 0.15) is 17.9 Å². The van der Waals surface area contributed by atoms with Gasteiger partial charge in [-0.1, -0.05) is 35.9 Å². The first-order valence-corrected chi connectivity index (χ1v) is 12.4. The number of para-hydroxylation sites is 1. The van der Waals surface area contributed by atoms with Gasteiger partial charge in [0.05, 0.1) is 6.67 Å². The zero-order valence-corrected chi connectivity index (χ0v) is 20.7. The number of aryl methyl sites for hydroxylation is 1. The summed E-state index contributed by atoms with van der Waals surface area (Å²) < 4.78 is 13.3. The van der Waals surface area contributed by atoms with Gasteiger partial charge >= 0.3 is 0 Å². The quantitative estimate of drug-likeness (QED) is 0.574. The third-order valence-corrected chi connectivity index (χ3v) is 7.22. The van der Waals surface area contributed by atoms with Gasteiger partial charge in [-0.3, -0.25) is 14.4 Å². The maximum Gasteiger partial charge on any atom is 0.253 e. The Labute approximate surface area is 215 Å². The molecule has 2 aliphatic heterocycles. The summed E-state index contributed by atoms with van der Waals surface area (Å²) in [6.07, 6.45) is 0.869. The van der Waals surface area contributed by atoms with E-state index in [9.17, 15) is 18.8 Å². The normalized spacial score (nSPS) is 16.8. The molecular formula is C29H29FN4O3. The van der Waals surface area contributed by atoms with Gasteiger partial charge in [0.25, 0.3) is 11.8 Å². The van der Waals surface area contributed by atoms with E-state index in [1.807, 2.05) is 61.5 Å². The van der Waals surface area contributed by atoms with Crippen molar-refractivity contribution in [2.75, 3.05) is 36.5 Å². The van der Waals surface area contributed by atoms with Crippen LogP contribution in [-0.2, 0) is 9.59 Å². The molecule has 2 saturated heterocycles. The Bertz CT molecular complexity index is 1290. The molecule has 0 aromatic heterocycles. The van der Waals surface area contributed by atoms with Gasteiger partial charge in [-0.25, -0.2) is 4.39 Å². The van der Waals surface area contributed by atoms with Gasteiger partial charge < -0.3 is 20.0 Å². The third-order valence-electron chi connectivity index (χ3n) is 7.22. The lowest BCUT2D eigenvalue weighted by atomic mass is 9.85. The van der Waals surface area contributed by atoms with Gasteiger partial charge in [-0.2, -0.15) is 0 Å². The smallest absolute Gasteiger partial charge is 0.253 e. The molecular weight excluding hydrogens is 471 g/mol. The Morgan fingerprint density at radius 3 is 2.22 bits per heavy atom. The highest BCUT2D eigenvalue weighted by molar-refractivity contribution is 6.00. The fraction of sp³-hybridized carbons (Fsp3) is 0.276. The minimum absolute atomic E-state index is 0.0595. The molecule has 2 heterocycles. The van der Waals surface area contributed by atoms with Gasteiger partial charge in [-0.05, 0) is 68.3 Å². The number of nitrogens with zero attached hydrogens (tertiary/aromatic N) is 3. The third kappa shape index (κ3) is 4.91. The molecule has 3 aromatic carbocycles. The number of anilines is 2. The molecule has 2 aliphatic rings. The van der Waals surface area contributed by atoms with Crippen molar-refractivity contribution in [2.45, 2.75) is 25.3 Å². The van der Waals surface area contributed by atoms with Crippen molar-refractivity contribution in [1.29, 1.82) is 0 Å². The first kappa shape index (κ1) is 24.5.